The maximum Gasteiger partial charge on any atom is 0.320 e. The van der Waals surface area contributed by atoms with Crippen LogP contribution >= 0.6 is 0 Å². The van der Waals surface area contributed by atoms with Crippen molar-refractivity contribution >= 4 is 12.0 Å². The molecule has 1 fully saturated rings. The third-order valence-corrected chi connectivity index (χ3v) is 3.59. The molecule has 6 nitrogen and oxygen atoms in total. The lowest BCUT2D eigenvalue weighted by molar-refractivity contribution is -0.139. The number of hydrogen-bond donors (Lipinski definition) is 1. The van der Waals surface area contributed by atoms with Gasteiger partial charge in [-0.2, -0.15) is 0 Å². The topological polar surface area (TPSA) is 70.1 Å². The van der Waals surface area contributed by atoms with Crippen LogP contribution in [0.4, 0.5) is 4.79 Å². The number of carboxylic acid groups (broad SMARTS) is 1. The Morgan fingerprint density at radius 2 is 2.16 bits per heavy atom. The Hall–Kier alpha value is -1.56. The number of carboxylic acids is 1. The molecule has 1 saturated heterocycles. The van der Waals surface area contributed by atoms with Gasteiger partial charge < -0.3 is 19.6 Å². The van der Waals surface area contributed by atoms with Gasteiger partial charge in [-0.25, -0.2) is 4.79 Å². The van der Waals surface area contributed by atoms with Gasteiger partial charge in [0.05, 0.1) is 13.0 Å². The third kappa shape index (κ3) is 3.47. The number of nitrogens with zero attached hydrogens (tertiary/aromatic N) is 2. The minimum Gasteiger partial charge on any atom is -0.481 e. The summed E-state index contributed by atoms with van der Waals surface area (Å²) < 4.78 is 5.07. The second-order valence-electron chi connectivity index (χ2n) is 5.14. The van der Waals surface area contributed by atoms with Crippen LogP contribution in [0.5, 0.6) is 0 Å². The number of methoxy groups -OCH3 is 1. The summed E-state index contributed by atoms with van der Waals surface area (Å²) in [5.41, 5.74) is 1.24. The maximum absolute atomic E-state index is 12.1. The summed E-state index contributed by atoms with van der Waals surface area (Å²) in [6.45, 7) is 3.10. The Morgan fingerprint density at radius 3 is 2.68 bits per heavy atom. The summed E-state index contributed by atoms with van der Waals surface area (Å²) in [6.07, 6.45) is 3.05. The second kappa shape index (κ2) is 6.06. The Labute approximate surface area is 112 Å². The van der Waals surface area contributed by atoms with Gasteiger partial charge in [0.15, 0.2) is 0 Å². The molecule has 2 rings (SSSR count). The maximum atomic E-state index is 12.1. The first-order chi connectivity index (χ1) is 9.10. The Morgan fingerprint density at radius 1 is 1.42 bits per heavy atom. The van der Waals surface area contributed by atoms with E-state index in [4.69, 9.17) is 9.84 Å². The van der Waals surface area contributed by atoms with E-state index < -0.39 is 5.97 Å². The van der Waals surface area contributed by atoms with E-state index in [1.165, 1.54) is 5.57 Å². The van der Waals surface area contributed by atoms with E-state index >= 15 is 0 Å². The average Bonchev–Trinajstić information content (AvgIpc) is 2.33. The number of carbonyl (C=O) groups excluding carboxylic acids is 1. The largest absolute Gasteiger partial charge is 0.481 e. The minimum atomic E-state index is -0.790. The van der Waals surface area contributed by atoms with Crippen molar-refractivity contribution in [3.05, 3.63) is 11.6 Å². The van der Waals surface area contributed by atoms with Gasteiger partial charge in [-0.05, 0) is 12.0 Å². The molecule has 0 aromatic carbocycles. The summed E-state index contributed by atoms with van der Waals surface area (Å²) >= 11 is 0. The molecule has 0 unspecified atom stereocenters. The average molecular weight is 268 g/mol. The zero-order valence-corrected chi connectivity index (χ0v) is 11.2. The molecule has 0 radical (unpaired) electrons. The van der Waals surface area contributed by atoms with Crippen LogP contribution < -0.4 is 0 Å². The molecule has 1 N–H and O–H groups in total. The molecule has 6 heteroatoms. The van der Waals surface area contributed by atoms with E-state index in [9.17, 15) is 9.59 Å². The lowest BCUT2D eigenvalue weighted by atomic mass is 9.97. The first kappa shape index (κ1) is 13.9. The van der Waals surface area contributed by atoms with Gasteiger partial charge in [0.25, 0.3) is 0 Å². The molecule has 106 valence electrons. The molecule has 0 spiro atoms. The monoisotopic (exact) mass is 268 g/mol. The van der Waals surface area contributed by atoms with Gasteiger partial charge in [-0.15, -0.1) is 0 Å². The van der Waals surface area contributed by atoms with Crippen LogP contribution in [0.15, 0.2) is 11.6 Å². The lowest BCUT2D eigenvalue weighted by Gasteiger charge is -2.42. The van der Waals surface area contributed by atoms with Gasteiger partial charge in [0, 0.05) is 39.2 Å². The number of ether oxygens (including phenoxy) is 1. The highest BCUT2D eigenvalue weighted by atomic mass is 16.5. The third-order valence-electron chi connectivity index (χ3n) is 3.59. The summed E-state index contributed by atoms with van der Waals surface area (Å²) in [6, 6.07) is 0.0226. The number of rotatable bonds is 4. The number of likely N-dealkylation sites (tertiary alicyclic amines) is 1. The number of urea groups is 1. The van der Waals surface area contributed by atoms with Crippen LogP contribution in [0.2, 0.25) is 0 Å². The predicted octanol–water partition coefficient (Wildman–Crippen LogP) is 0.791. The highest BCUT2D eigenvalue weighted by molar-refractivity contribution is 5.76. The zero-order chi connectivity index (χ0) is 13.8. The van der Waals surface area contributed by atoms with Crippen molar-refractivity contribution in [2.75, 3.05) is 39.9 Å². The fourth-order valence-corrected chi connectivity index (χ4v) is 2.50. The number of carbonyl (C=O) groups is 2. The van der Waals surface area contributed by atoms with Crippen LogP contribution in [-0.2, 0) is 9.53 Å². The first-order valence-corrected chi connectivity index (χ1v) is 6.52. The Bertz CT molecular complexity index is 388. The van der Waals surface area contributed by atoms with Crippen LogP contribution in [-0.4, -0.2) is 66.8 Å². The molecular formula is C13H20N2O4. The summed E-state index contributed by atoms with van der Waals surface area (Å²) in [5, 5.41) is 8.67. The smallest absolute Gasteiger partial charge is 0.320 e. The summed E-state index contributed by atoms with van der Waals surface area (Å²) in [7, 11) is 1.67. The van der Waals surface area contributed by atoms with Crippen molar-refractivity contribution in [2.24, 2.45) is 5.92 Å². The van der Waals surface area contributed by atoms with E-state index in [0.29, 0.717) is 32.8 Å². The molecule has 0 aliphatic carbocycles. The standard InChI is InChI=1S/C13H20N2O4/c1-19-9-10-2-4-14(5-3-10)13(18)15-7-11(8-15)6-12(16)17/h2,11H,3-9H2,1H3,(H,16,17). The van der Waals surface area contributed by atoms with Crippen LogP contribution in [0.1, 0.15) is 12.8 Å². The molecule has 0 saturated carbocycles. The van der Waals surface area contributed by atoms with Gasteiger partial charge in [0.2, 0.25) is 0 Å². The normalized spacial score (nSPS) is 19.9. The van der Waals surface area contributed by atoms with E-state index in [0.717, 1.165) is 6.42 Å². The van der Waals surface area contributed by atoms with Gasteiger partial charge in [0.1, 0.15) is 0 Å². The summed E-state index contributed by atoms with van der Waals surface area (Å²) in [4.78, 5) is 26.2. The van der Waals surface area contributed by atoms with Crippen molar-refractivity contribution in [3.63, 3.8) is 0 Å². The van der Waals surface area contributed by atoms with Crippen LogP contribution in [0.25, 0.3) is 0 Å². The quantitative estimate of drug-likeness (QED) is 0.765. The molecule has 0 aromatic rings. The molecule has 2 heterocycles. The molecule has 0 atom stereocenters. The van der Waals surface area contributed by atoms with E-state index in [1.54, 1.807) is 16.9 Å². The first-order valence-electron chi connectivity index (χ1n) is 6.52. The molecule has 2 amide bonds. The molecule has 2 aliphatic rings. The van der Waals surface area contributed by atoms with Crippen molar-refractivity contribution in [1.82, 2.24) is 9.80 Å². The number of hydrogen-bond acceptors (Lipinski definition) is 3. The van der Waals surface area contributed by atoms with Crippen molar-refractivity contribution in [2.45, 2.75) is 12.8 Å². The molecular weight excluding hydrogens is 248 g/mol. The highest BCUT2D eigenvalue weighted by Crippen LogP contribution is 2.22. The van der Waals surface area contributed by atoms with E-state index in [-0.39, 0.29) is 18.4 Å². The minimum absolute atomic E-state index is 0.0226. The molecule has 0 bridgehead atoms. The predicted molar refractivity (Wildman–Crippen MR) is 68.9 cm³/mol. The van der Waals surface area contributed by atoms with Crippen LogP contribution in [0, 0.1) is 5.92 Å². The fourth-order valence-electron chi connectivity index (χ4n) is 2.50. The van der Waals surface area contributed by atoms with Crippen molar-refractivity contribution in [3.8, 4) is 0 Å². The zero-order valence-electron chi connectivity index (χ0n) is 11.2. The SMILES string of the molecule is COCC1=CCN(C(=O)N2CC(CC(=O)O)C2)CC1. The number of amides is 2. The Kier molecular flexibility index (Phi) is 4.42. The van der Waals surface area contributed by atoms with Crippen molar-refractivity contribution in [1.29, 1.82) is 0 Å². The van der Waals surface area contributed by atoms with E-state index in [2.05, 4.69) is 0 Å². The Balaban J connectivity index is 1.75. The highest BCUT2D eigenvalue weighted by Gasteiger charge is 2.34. The lowest BCUT2D eigenvalue weighted by Crippen LogP contribution is -2.55. The fraction of sp³-hybridized carbons (Fsp3) is 0.692. The van der Waals surface area contributed by atoms with Crippen LogP contribution in [0.3, 0.4) is 0 Å². The van der Waals surface area contributed by atoms with E-state index in [1.807, 2.05) is 6.08 Å². The number of aliphatic carboxylic acids is 1. The van der Waals surface area contributed by atoms with Crippen molar-refractivity contribution < 1.29 is 19.4 Å². The van der Waals surface area contributed by atoms with Gasteiger partial charge in [-0.3, -0.25) is 4.79 Å². The molecule has 0 aromatic heterocycles. The summed E-state index contributed by atoms with van der Waals surface area (Å²) in [5.74, 6) is -0.673. The van der Waals surface area contributed by atoms with Gasteiger partial charge in [-0.1, -0.05) is 6.08 Å². The van der Waals surface area contributed by atoms with Gasteiger partial charge >= 0.3 is 12.0 Å². The molecule has 19 heavy (non-hydrogen) atoms. The molecule has 2 aliphatic heterocycles. The second-order valence-corrected chi connectivity index (χ2v) is 5.14.